The average molecular weight is 243 g/mol. The zero-order valence-electron chi connectivity index (χ0n) is 9.40. The molecule has 0 aliphatic rings. The lowest BCUT2D eigenvalue weighted by atomic mass is 10.2. The molecule has 0 heterocycles. The molecule has 0 aliphatic carbocycles. The summed E-state index contributed by atoms with van der Waals surface area (Å²) in [4.78, 5) is 11.5. The number of hydrogen-bond acceptors (Lipinski definition) is 3. The molecular formula is C12H15ClO3. The summed E-state index contributed by atoms with van der Waals surface area (Å²) >= 11 is 5.75. The maximum absolute atomic E-state index is 11.5. The molecule has 1 rings (SSSR count). The van der Waals surface area contributed by atoms with Crippen LogP contribution >= 0.6 is 11.6 Å². The molecule has 0 bridgehead atoms. The highest BCUT2D eigenvalue weighted by Crippen LogP contribution is 2.18. The van der Waals surface area contributed by atoms with E-state index in [1.807, 2.05) is 6.92 Å². The van der Waals surface area contributed by atoms with Crippen molar-refractivity contribution < 1.29 is 14.3 Å². The number of rotatable bonds is 5. The van der Waals surface area contributed by atoms with E-state index in [9.17, 15) is 4.79 Å². The number of carbonyl (C=O) groups excluding carboxylic acids is 1. The Bertz CT molecular complexity index is 335. The number of ether oxygens (including phenoxy) is 2. The summed E-state index contributed by atoms with van der Waals surface area (Å²) in [5, 5.41) is 0.636. The molecular weight excluding hydrogens is 228 g/mol. The fraction of sp³-hybridized carbons (Fsp3) is 0.417. The van der Waals surface area contributed by atoms with Gasteiger partial charge in [0.15, 0.2) is 6.10 Å². The number of esters is 1. The van der Waals surface area contributed by atoms with Crippen LogP contribution in [-0.2, 0) is 9.53 Å². The lowest BCUT2D eigenvalue weighted by Gasteiger charge is -2.15. The predicted molar refractivity (Wildman–Crippen MR) is 62.8 cm³/mol. The molecule has 1 unspecified atom stereocenters. The molecule has 0 saturated carbocycles. The van der Waals surface area contributed by atoms with E-state index in [1.54, 1.807) is 31.2 Å². The van der Waals surface area contributed by atoms with Crippen LogP contribution in [-0.4, -0.2) is 18.7 Å². The summed E-state index contributed by atoms with van der Waals surface area (Å²) in [7, 11) is 0. The van der Waals surface area contributed by atoms with Crippen LogP contribution in [0, 0.1) is 0 Å². The first-order valence-corrected chi connectivity index (χ1v) is 5.64. The molecule has 0 spiro atoms. The summed E-state index contributed by atoms with van der Waals surface area (Å²) < 4.78 is 10.4. The van der Waals surface area contributed by atoms with Gasteiger partial charge in [0.25, 0.3) is 0 Å². The molecule has 0 aromatic heterocycles. The molecule has 1 atom stereocenters. The van der Waals surface area contributed by atoms with Gasteiger partial charge in [-0.1, -0.05) is 18.5 Å². The molecule has 0 N–H and O–H groups in total. The van der Waals surface area contributed by atoms with E-state index < -0.39 is 6.10 Å². The van der Waals surface area contributed by atoms with Gasteiger partial charge in [0.1, 0.15) is 5.75 Å². The highest BCUT2D eigenvalue weighted by Gasteiger charge is 2.19. The Morgan fingerprint density at radius 3 is 2.44 bits per heavy atom. The maximum atomic E-state index is 11.5. The topological polar surface area (TPSA) is 35.5 Å². The van der Waals surface area contributed by atoms with Crippen LogP contribution in [0.1, 0.15) is 20.3 Å². The minimum absolute atomic E-state index is 0.333. The third kappa shape index (κ3) is 3.74. The smallest absolute Gasteiger partial charge is 0.347 e. The molecule has 0 radical (unpaired) electrons. The van der Waals surface area contributed by atoms with E-state index in [0.717, 1.165) is 0 Å². The minimum atomic E-state index is -0.555. The Morgan fingerprint density at radius 2 is 1.94 bits per heavy atom. The van der Waals surface area contributed by atoms with E-state index in [-0.39, 0.29) is 5.97 Å². The van der Waals surface area contributed by atoms with E-state index in [2.05, 4.69) is 0 Å². The summed E-state index contributed by atoms with van der Waals surface area (Å²) in [6, 6.07) is 6.89. The van der Waals surface area contributed by atoms with Crippen molar-refractivity contribution in [2.45, 2.75) is 26.4 Å². The van der Waals surface area contributed by atoms with Gasteiger partial charge < -0.3 is 9.47 Å². The van der Waals surface area contributed by atoms with Crippen LogP contribution in [0.2, 0.25) is 5.02 Å². The molecule has 1 aromatic rings. The van der Waals surface area contributed by atoms with Crippen molar-refractivity contribution in [2.75, 3.05) is 6.61 Å². The van der Waals surface area contributed by atoms with Gasteiger partial charge >= 0.3 is 5.97 Å². The molecule has 4 heteroatoms. The predicted octanol–water partition coefficient (Wildman–Crippen LogP) is 3.06. The van der Waals surface area contributed by atoms with Crippen molar-refractivity contribution in [3.63, 3.8) is 0 Å². The van der Waals surface area contributed by atoms with E-state index in [4.69, 9.17) is 21.1 Å². The first kappa shape index (κ1) is 12.8. The van der Waals surface area contributed by atoms with Crippen molar-refractivity contribution in [3.8, 4) is 5.75 Å². The van der Waals surface area contributed by atoms with Crippen molar-refractivity contribution >= 4 is 17.6 Å². The Balaban J connectivity index is 2.62. The second-order valence-electron chi connectivity index (χ2n) is 3.22. The molecule has 1 aromatic carbocycles. The number of hydrogen-bond donors (Lipinski definition) is 0. The van der Waals surface area contributed by atoms with E-state index in [1.165, 1.54) is 0 Å². The molecule has 0 amide bonds. The molecule has 88 valence electrons. The first-order chi connectivity index (χ1) is 7.67. The normalized spacial score (nSPS) is 11.9. The molecule has 0 saturated heterocycles. The zero-order chi connectivity index (χ0) is 12.0. The molecule has 0 aliphatic heterocycles. The summed E-state index contributed by atoms with van der Waals surface area (Å²) in [5.74, 6) is 0.282. The second kappa shape index (κ2) is 6.38. The SMILES string of the molecule is CCOC(=O)C(CC)Oc1ccc(Cl)cc1. The van der Waals surface area contributed by atoms with Crippen LogP contribution in [0.4, 0.5) is 0 Å². The average Bonchev–Trinajstić information content (AvgIpc) is 2.28. The first-order valence-electron chi connectivity index (χ1n) is 5.26. The summed E-state index contributed by atoms with van der Waals surface area (Å²) in [6.45, 7) is 4.00. The highest BCUT2D eigenvalue weighted by atomic mass is 35.5. The standard InChI is InChI=1S/C12H15ClO3/c1-3-11(12(14)15-4-2)16-10-7-5-9(13)6-8-10/h5-8,11H,3-4H2,1-2H3. The summed E-state index contributed by atoms with van der Waals surface area (Å²) in [6.07, 6.45) is 0.0164. The zero-order valence-corrected chi connectivity index (χ0v) is 10.2. The number of carbonyl (C=O) groups is 1. The molecule has 0 fully saturated rings. The Labute approximate surface area is 100 Å². The van der Waals surface area contributed by atoms with Gasteiger partial charge in [-0.3, -0.25) is 0 Å². The lowest BCUT2D eigenvalue weighted by molar-refractivity contribution is -0.151. The van der Waals surface area contributed by atoms with Crippen LogP contribution in [0.5, 0.6) is 5.75 Å². The second-order valence-corrected chi connectivity index (χ2v) is 3.66. The van der Waals surface area contributed by atoms with Crippen molar-refractivity contribution in [1.29, 1.82) is 0 Å². The van der Waals surface area contributed by atoms with Crippen molar-refractivity contribution in [3.05, 3.63) is 29.3 Å². The van der Waals surface area contributed by atoms with Gasteiger partial charge in [0.05, 0.1) is 6.61 Å². The van der Waals surface area contributed by atoms with Crippen molar-refractivity contribution in [2.24, 2.45) is 0 Å². The largest absolute Gasteiger partial charge is 0.479 e. The monoisotopic (exact) mass is 242 g/mol. The third-order valence-electron chi connectivity index (χ3n) is 2.01. The van der Waals surface area contributed by atoms with Gasteiger partial charge in [-0.15, -0.1) is 0 Å². The maximum Gasteiger partial charge on any atom is 0.347 e. The molecule has 16 heavy (non-hydrogen) atoms. The van der Waals surface area contributed by atoms with Crippen LogP contribution in [0.15, 0.2) is 24.3 Å². The number of halogens is 1. The van der Waals surface area contributed by atoms with E-state index in [0.29, 0.717) is 23.8 Å². The summed E-state index contributed by atoms with van der Waals surface area (Å²) in [5.41, 5.74) is 0. The van der Waals surface area contributed by atoms with Gasteiger partial charge in [0.2, 0.25) is 0 Å². The van der Waals surface area contributed by atoms with Crippen LogP contribution < -0.4 is 4.74 Å². The fourth-order valence-electron chi connectivity index (χ4n) is 1.21. The van der Waals surface area contributed by atoms with E-state index >= 15 is 0 Å². The number of benzene rings is 1. The fourth-order valence-corrected chi connectivity index (χ4v) is 1.34. The minimum Gasteiger partial charge on any atom is -0.479 e. The highest BCUT2D eigenvalue weighted by molar-refractivity contribution is 6.30. The van der Waals surface area contributed by atoms with Gasteiger partial charge in [-0.2, -0.15) is 0 Å². The van der Waals surface area contributed by atoms with Gasteiger partial charge in [0, 0.05) is 5.02 Å². The lowest BCUT2D eigenvalue weighted by Crippen LogP contribution is -2.28. The van der Waals surface area contributed by atoms with Crippen LogP contribution in [0.3, 0.4) is 0 Å². The Morgan fingerprint density at radius 1 is 1.31 bits per heavy atom. The third-order valence-corrected chi connectivity index (χ3v) is 2.26. The molecule has 3 nitrogen and oxygen atoms in total. The van der Waals surface area contributed by atoms with Gasteiger partial charge in [-0.25, -0.2) is 4.79 Å². The van der Waals surface area contributed by atoms with Crippen molar-refractivity contribution in [1.82, 2.24) is 0 Å². The van der Waals surface area contributed by atoms with Crippen LogP contribution in [0.25, 0.3) is 0 Å². The van der Waals surface area contributed by atoms with Gasteiger partial charge in [-0.05, 0) is 37.6 Å². The Kier molecular flexibility index (Phi) is 5.12. The quantitative estimate of drug-likeness (QED) is 0.745. The Hall–Kier alpha value is -1.22.